The molecule has 120 valence electrons. The van der Waals surface area contributed by atoms with E-state index >= 15 is 0 Å². The Labute approximate surface area is 143 Å². The van der Waals surface area contributed by atoms with Gasteiger partial charge in [-0.3, -0.25) is 0 Å². The lowest BCUT2D eigenvalue weighted by atomic mass is 10.1. The van der Waals surface area contributed by atoms with Gasteiger partial charge in [0.2, 0.25) is 0 Å². The summed E-state index contributed by atoms with van der Waals surface area (Å²) in [6.45, 7) is 0. The summed E-state index contributed by atoms with van der Waals surface area (Å²) in [7, 11) is 0. The topological polar surface area (TPSA) is 91.4 Å². The molecular formula is C19H12FN5. The number of nitrogen functional groups attached to an aromatic ring is 1. The van der Waals surface area contributed by atoms with Gasteiger partial charge in [-0.05, 0) is 24.3 Å². The zero-order valence-electron chi connectivity index (χ0n) is 13.0. The molecule has 0 saturated heterocycles. The third-order valence-electron chi connectivity index (χ3n) is 3.61. The van der Waals surface area contributed by atoms with E-state index in [4.69, 9.17) is 5.73 Å². The minimum absolute atomic E-state index is 0.0584. The Bertz CT molecular complexity index is 1040. The highest BCUT2D eigenvalue weighted by Gasteiger charge is 2.20. The van der Waals surface area contributed by atoms with Gasteiger partial charge in [0, 0.05) is 5.56 Å². The zero-order chi connectivity index (χ0) is 17.8. The fourth-order valence-electron chi connectivity index (χ4n) is 2.40. The summed E-state index contributed by atoms with van der Waals surface area (Å²) in [6.07, 6.45) is 1.35. The summed E-state index contributed by atoms with van der Waals surface area (Å²) in [5.41, 5.74) is 7.18. The van der Waals surface area contributed by atoms with Crippen molar-refractivity contribution in [1.29, 1.82) is 10.5 Å². The number of rotatable bonds is 3. The van der Waals surface area contributed by atoms with Crippen molar-refractivity contribution in [1.82, 2.24) is 9.78 Å². The first-order chi connectivity index (χ1) is 12.2. The quantitative estimate of drug-likeness (QED) is 0.744. The van der Waals surface area contributed by atoms with Gasteiger partial charge in [0.15, 0.2) is 0 Å². The molecule has 0 bridgehead atoms. The molecule has 25 heavy (non-hydrogen) atoms. The van der Waals surface area contributed by atoms with E-state index in [-0.39, 0.29) is 28.2 Å². The van der Waals surface area contributed by atoms with Gasteiger partial charge in [0.1, 0.15) is 35.0 Å². The molecule has 0 radical (unpaired) electrons. The van der Waals surface area contributed by atoms with Crippen molar-refractivity contribution in [3.05, 3.63) is 77.2 Å². The van der Waals surface area contributed by atoms with E-state index in [2.05, 4.69) is 5.10 Å². The smallest absolute Gasteiger partial charge is 0.145 e. The minimum atomic E-state index is -0.468. The predicted molar refractivity (Wildman–Crippen MR) is 92.6 cm³/mol. The average molecular weight is 329 g/mol. The molecule has 0 amide bonds. The second kappa shape index (κ2) is 6.69. The van der Waals surface area contributed by atoms with Gasteiger partial charge in [0.25, 0.3) is 0 Å². The van der Waals surface area contributed by atoms with E-state index in [0.717, 1.165) is 0 Å². The number of para-hydroxylation sites is 1. The van der Waals surface area contributed by atoms with Gasteiger partial charge >= 0.3 is 0 Å². The number of benzene rings is 2. The Morgan fingerprint density at radius 2 is 1.76 bits per heavy atom. The van der Waals surface area contributed by atoms with Gasteiger partial charge in [-0.15, -0.1) is 0 Å². The first kappa shape index (κ1) is 16.0. The van der Waals surface area contributed by atoms with Crippen molar-refractivity contribution in [2.24, 2.45) is 0 Å². The van der Waals surface area contributed by atoms with Crippen molar-refractivity contribution < 1.29 is 4.39 Å². The van der Waals surface area contributed by atoms with E-state index in [0.29, 0.717) is 5.69 Å². The number of anilines is 1. The Kier molecular flexibility index (Phi) is 4.28. The Hall–Kier alpha value is -3.90. The molecule has 2 N–H and O–H groups in total. The number of nitrogens with zero attached hydrogens (tertiary/aromatic N) is 4. The maximum atomic E-state index is 13.9. The maximum absolute atomic E-state index is 13.9. The lowest BCUT2D eigenvalue weighted by Crippen LogP contribution is -2.02. The van der Waals surface area contributed by atoms with Gasteiger partial charge < -0.3 is 5.73 Å². The first-order valence-electron chi connectivity index (χ1n) is 7.36. The van der Waals surface area contributed by atoms with Crippen LogP contribution < -0.4 is 5.73 Å². The Morgan fingerprint density at radius 1 is 1.08 bits per heavy atom. The maximum Gasteiger partial charge on any atom is 0.145 e. The van der Waals surface area contributed by atoms with Crippen LogP contribution in [-0.4, -0.2) is 9.78 Å². The average Bonchev–Trinajstić information content (AvgIpc) is 2.98. The van der Waals surface area contributed by atoms with Gasteiger partial charge in [0.05, 0.1) is 11.3 Å². The number of hydrogen-bond donors (Lipinski definition) is 1. The number of allylic oxidation sites excluding steroid dienone is 1. The molecule has 5 nitrogen and oxygen atoms in total. The fraction of sp³-hybridized carbons (Fsp3) is 0. The summed E-state index contributed by atoms with van der Waals surface area (Å²) in [6, 6.07) is 19.0. The summed E-state index contributed by atoms with van der Waals surface area (Å²) < 4.78 is 15.3. The van der Waals surface area contributed by atoms with Crippen LogP contribution in [0.1, 0.15) is 16.8 Å². The van der Waals surface area contributed by atoms with Crippen molar-refractivity contribution >= 4 is 17.5 Å². The number of hydrogen-bond acceptors (Lipinski definition) is 4. The molecule has 1 aromatic heterocycles. The highest BCUT2D eigenvalue weighted by Crippen LogP contribution is 2.27. The largest absolute Gasteiger partial charge is 0.382 e. The molecule has 0 aliphatic carbocycles. The minimum Gasteiger partial charge on any atom is -0.382 e. The molecule has 0 atom stereocenters. The third-order valence-corrected chi connectivity index (χ3v) is 3.61. The first-order valence-corrected chi connectivity index (χ1v) is 7.36. The van der Waals surface area contributed by atoms with E-state index in [1.54, 1.807) is 24.3 Å². The van der Waals surface area contributed by atoms with Gasteiger partial charge in [-0.2, -0.15) is 15.6 Å². The SMILES string of the molecule is N#C/C(=C/c1ccccc1F)c1nn(-c2ccccc2)c(N)c1C#N. The number of aromatic nitrogens is 2. The van der Waals surface area contributed by atoms with E-state index in [1.807, 2.05) is 30.3 Å². The summed E-state index contributed by atoms with van der Waals surface area (Å²) in [5.74, 6) is -0.345. The van der Waals surface area contributed by atoms with Crippen molar-refractivity contribution in [2.45, 2.75) is 0 Å². The molecule has 0 fully saturated rings. The molecule has 6 heteroatoms. The van der Waals surface area contributed by atoms with Crippen molar-refractivity contribution in [2.75, 3.05) is 5.73 Å². The highest BCUT2D eigenvalue weighted by atomic mass is 19.1. The van der Waals surface area contributed by atoms with Crippen LogP contribution in [0.2, 0.25) is 0 Å². The van der Waals surface area contributed by atoms with Crippen molar-refractivity contribution in [3.8, 4) is 17.8 Å². The third kappa shape index (κ3) is 2.97. The van der Waals surface area contributed by atoms with Gasteiger partial charge in [-0.1, -0.05) is 36.4 Å². The van der Waals surface area contributed by atoms with Crippen LogP contribution in [0.5, 0.6) is 0 Å². The standard InChI is InChI=1S/C19H12FN5/c20-17-9-5-4-6-13(17)10-14(11-21)18-16(12-22)19(23)25(24-18)15-7-2-1-3-8-15/h1-10H,23H2/b14-10-. The van der Waals surface area contributed by atoms with E-state index in [9.17, 15) is 14.9 Å². The van der Waals surface area contributed by atoms with Crippen molar-refractivity contribution in [3.63, 3.8) is 0 Å². The molecule has 0 saturated carbocycles. The van der Waals surface area contributed by atoms with Crippen LogP contribution in [0, 0.1) is 28.5 Å². The van der Waals surface area contributed by atoms with Crippen LogP contribution in [0.4, 0.5) is 10.2 Å². The molecule has 3 rings (SSSR count). The molecular weight excluding hydrogens is 317 g/mol. The fourth-order valence-corrected chi connectivity index (χ4v) is 2.40. The number of nitriles is 2. The Balaban J connectivity index is 2.18. The lowest BCUT2D eigenvalue weighted by molar-refractivity contribution is 0.625. The van der Waals surface area contributed by atoms with E-state index < -0.39 is 5.82 Å². The second-order valence-electron chi connectivity index (χ2n) is 5.16. The summed E-state index contributed by atoms with van der Waals surface area (Å²) in [5, 5.41) is 23.2. The van der Waals surface area contributed by atoms with E-state index in [1.165, 1.54) is 22.9 Å². The van der Waals surface area contributed by atoms with Crippen LogP contribution in [0.3, 0.4) is 0 Å². The molecule has 0 spiro atoms. The van der Waals surface area contributed by atoms with Crippen LogP contribution >= 0.6 is 0 Å². The number of nitrogens with two attached hydrogens (primary N) is 1. The highest BCUT2D eigenvalue weighted by molar-refractivity contribution is 5.91. The second-order valence-corrected chi connectivity index (χ2v) is 5.16. The van der Waals surface area contributed by atoms with Crippen LogP contribution in [0.15, 0.2) is 54.6 Å². The predicted octanol–water partition coefficient (Wildman–Crippen LogP) is 3.53. The Morgan fingerprint density at radius 3 is 2.40 bits per heavy atom. The van der Waals surface area contributed by atoms with Crippen LogP contribution in [0.25, 0.3) is 17.3 Å². The lowest BCUT2D eigenvalue weighted by Gasteiger charge is -2.02. The molecule has 3 aromatic rings. The molecule has 0 aliphatic rings. The monoisotopic (exact) mass is 329 g/mol. The van der Waals surface area contributed by atoms with Crippen LogP contribution in [-0.2, 0) is 0 Å². The molecule has 1 heterocycles. The summed E-state index contributed by atoms with van der Waals surface area (Å²) >= 11 is 0. The molecule has 2 aromatic carbocycles. The zero-order valence-corrected chi connectivity index (χ0v) is 13.0. The molecule has 0 aliphatic heterocycles. The summed E-state index contributed by atoms with van der Waals surface area (Å²) in [4.78, 5) is 0. The molecule has 0 unspecified atom stereocenters. The van der Waals surface area contributed by atoms with Gasteiger partial charge in [-0.25, -0.2) is 9.07 Å². The normalized spacial score (nSPS) is 10.9. The number of halogens is 1.